The average Bonchev–Trinajstić information content (AvgIpc) is 2.99. The fourth-order valence-electron chi connectivity index (χ4n) is 4.84. The first-order chi connectivity index (χ1) is 20.0. The number of hydrogen-bond donors (Lipinski definition) is 1. The third-order valence-corrected chi connectivity index (χ3v) is 8.36. The molecular formula is C35H44O5S. The molecule has 2 aromatic rings. The molecule has 0 amide bonds. The van der Waals surface area contributed by atoms with Crippen molar-refractivity contribution in [1.82, 2.24) is 0 Å². The first-order valence-corrected chi connectivity index (χ1v) is 15.0. The zero-order valence-electron chi connectivity index (χ0n) is 24.2. The molecule has 0 spiro atoms. The van der Waals surface area contributed by atoms with Gasteiger partial charge in [0.1, 0.15) is 18.3 Å². The maximum absolute atomic E-state index is 12.5. The van der Waals surface area contributed by atoms with Gasteiger partial charge in [0.05, 0.1) is 38.3 Å². The molecule has 1 N–H and O–H groups in total. The number of benzene rings is 2. The molecule has 2 aromatic carbocycles. The van der Waals surface area contributed by atoms with Crippen molar-refractivity contribution in [2.75, 3.05) is 33.0 Å². The van der Waals surface area contributed by atoms with Gasteiger partial charge in [0.15, 0.2) is 4.93 Å². The Morgan fingerprint density at radius 1 is 0.829 bits per heavy atom. The van der Waals surface area contributed by atoms with E-state index in [-0.39, 0.29) is 18.5 Å². The minimum Gasteiger partial charge on any atom is -0.376 e. The summed E-state index contributed by atoms with van der Waals surface area (Å²) in [5.74, 6) is 0. The van der Waals surface area contributed by atoms with E-state index in [0.29, 0.717) is 19.8 Å². The van der Waals surface area contributed by atoms with Gasteiger partial charge in [0.2, 0.25) is 0 Å². The zero-order chi connectivity index (χ0) is 29.5. The number of allylic oxidation sites excluding steroid dienone is 1. The lowest BCUT2D eigenvalue weighted by molar-refractivity contribution is -0.180. The lowest BCUT2D eigenvalue weighted by Crippen LogP contribution is -2.61. The molecule has 0 saturated carbocycles. The molecular weight excluding hydrogens is 532 g/mol. The van der Waals surface area contributed by atoms with Crippen molar-refractivity contribution in [2.45, 2.75) is 48.3 Å². The van der Waals surface area contributed by atoms with E-state index in [2.05, 4.69) is 75.7 Å². The zero-order valence-corrected chi connectivity index (χ0v) is 25.0. The summed E-state index contributed by atoms with van der Waals surface area (Å²) in [7, 11) is 0. The van der Waals surface area contributed by atoms with Crippen LogP contribution in [0.2, 0.25) is 0 Å². The third-order valence-electron chi connectivity index (χ3n) is 6.82. The van der Waals surface area contributed by atoms with Crippen molar-refractivity contribution < 1.29 is 24.1 Å². The molecule has 0 aliphatic carbocycles. The maximum Gasteiger partial charge on any atom is 0.165 e. The highest BCUT2D eigenvalue weighted by atomic mass is 32.2. The predicted octanol–water partition coefficient (Wildman–Crippen LogP) is 6.68. The summed E-state index contributed by atoms with van der Waals surface area (Å²) in [4.78, 5) is -1.44. The maximum atomic E-state index is 12.5. The Bertz CT molecular complexity index is 1140. The summed E-state index contributed by atoms with van der Waals surface area (Å²) in [5, 5.41) is 12.2. The van der Waals surface area contributed by atoms with Crippen LogP contribution in [0.4, 0.5) is 0 Å². The van der Waals surface area contributed by atoms with Crippen LogP contribution >= 0.6 is 11.8 Å². The van der Waals surface area contributed by atoms with Crippen LogP contribution in [0.5, 0.6) is 0 Å². The SMILES string of the molecule is C=CCOC[C@H]1SC(O)(c2cccc(C/C=C/c3ccc(CC)cc3)c2)[C@H](OCC=C)[C@@H](OCC=C)[C@H]1OCC=C. The van der Waals surface area contributed by atoms with Crippen molar-refractivity contribution in [1.29, 1.82) is 0 Å². The van der Waals surface area contributed by atoms with E-state index in [9.17, 15) is 5.11 Å². The second kappa shape index (κ2) is 17.3. The van der Waals surface area contributed by atoms with Crippen molar-refractivity contribution in [3.8, 4) is 0 Å². The molecule has 6 heteroatoms. The van der Waals surface area contributed by atoms with E-state index in [1.807, 2.05) is 18.2 Å². The lowest BCUT2D eigenvalue weighted by Gasteiger charge is -2.50. The van der Waals surface area contributed by atoms with Crippen molar-refractivity contribution in [3.63, 3.8) is 0 Å². The van der Waals surface area contributed by atoms with Gasteiger partial charge in [0, 0.05) is 0 Å². The molecule has 220 valence electrons. The van der Waals surface area contributed by atoms with Crippen LogP contribution in [0.1, 0.15) is 29.2 Å². The monoisotopic (exact) mass is 576 g/mol. The Balaban J connectivity index is 1.95. The topological polar surface area (TPSA) is 57.2 Å². The summed E-state index contributed by atoms with van der Waals surface area (Å²) >= 11 is 1.38. The molecule has 41 heavy (non-hydrogen) atoms. The van der Waals surface area contributed by atoms with E-state index in [0.717, 1.165) is 29.5 Å². The van der Waals surface area contributed by atoms with Gasteiger partial charge < -0.3 is 24.1 Å². The van der Waals surface area contributed by atoms with Crippen molar-refractivity contribution in [2.24, 2.45) is 0 Å². The lowest BCUT2D eigenvalue weighted by atomic mass is 9.92. The van der Waals surface area contributed by atoms with E-state index >= 15 is 0 Å². The van der Waals surface area contributed by atoms with Crippen LogP contribution in [-0.4, -0.2) is 61.7 Å². The molecule has 1 aliphatic heterocycles. The molecule has 0 aromatic heterocycles. The van der Waals surface area contributed by atoms with Crippen LogP contribution in [0.3, 0.4) is 0 Å². The summed E-state index contributed by atoms with van der Waals surface area (Å²) in [6.45, 7) is 18.9. The van der Waals surface area contributed by atoms with Crippen LogP contribution in [-0.2, 0) is 36.7 Å². The van der Waals surface area contributed by atoms with Crippen LogP contribution in [0.15, 0.2) is 105 Å². The van der Waals surface area contributed by atoms with E-state index in [1.54, 1.807) is 24.3 Å². The Morgan fingerprint density at radius 2 is 1.49 bits per heavy atom. The van der Waals surface area contributed by atoms with Crippen LogP contribution in [0.25, 0.3) is 6.08 Å². The smallest absolute Gasteiger partial charge is 0.165 e. The Hall–Kier alpha value is -2.71. The van der Waals surface area contributed by atoms with Gasteiger partial charge in [-0.05, 0) is 35.1 Å². The van der Waals surface area contributed by atoms with Gasteiger partial charge in [-0.25, -0.2) is 0 Å². The normalized spacial score (nSPS) is 24.2. The second-order valence-corrected chi connectivity index (χ2v) is 11.3. The minimum atomic E-state index is -1.44. The predicted molar refractivity (Wildman–Crippen MR) is 171 cm³/mol. The Labute approximate surface area is 250 Å². The van der Waals surface area contributed by atoms with E-state index in [4.69, 9.17) is 18.9 Å². The van der Waals surface area contributed by atoms with Gasteiger partial charge in [-0.1, -0.05) is 91.9 Å². The van der Waals surface area contributed by atoms with E-state index < -0.39 is 23.2 Å². The number of hydrogen-bond acceptors (Lipinski definition) is 6. The molecule has 1 aliphatic rings. The third kappa shape index (κ3) is 9.14. The number of ether oxygens (including phenoxy) is 4. The molecule has 1 unspecified atom stereocenters. The summed E-state index contributed by atoms with van der Waals surface area (Å²) < 4.78 is 24.6. The fraction of sp³-hybridized carbons (Fsp3) is 0.371. The van der Waals surface area contributed by atoms with Crippen LogP contribution < -0.4 is 0 Å². The molecule has 3 rings (SSSR count). The molecule has 5 atom stereocenters. The Morgan fingerprint density at radius 3 is 2.15 bits per heavy atom. The highest BCUT2D eigenvalue weighted by Gasteiger charge is 2.56. The van der Waals surface area contributed by atoms with Crippen molar-refractivity contribution >= 4 is 17.8 Å². The molecule has 1 saturated heterocycles. The minimum absolute atomic E-state index is 0.243. The average molecular weight is 577 g/mol. The highest BCUT2D eigenvalue weighted by molar-refractivity contribution is 8.00. The van der Waals surface area contributed by atoms with Gasteiger partial charge in [0.25, 0.3) is 0 Å². The molecule has 1 fully saturated rings. The largest absolute Gasteiger partial charge is 0.376 e. The van der Waals surface area contributed by atoms with Crippen molar-refractivity contribution in [3.05, 3.63) is 127 Å². The van der Waals surface area contributed by atoms with E-state index in [1.165, 1.54) is 17.3 Å². The summed E-state index contributed by atoms with van der Waals surface area (Å²) in [6, 6.07) is 16.6. The van der Waals surface area contributed by atoms with Gasteiger partial charge in [-0.15, -0.1) is 38.1 Å². The standard InChI is InChI=1S/C35H44O5S/c1-6-21-37-26-31-32(38-22-7-2)33(39-23-8-3)34(40-24-9-4)35(36,41-31)30-16-12-15-29(25-30)14-11-13-28-19-17-27(10-5)18-20-28/h6-9,11-13,15-20,25,31-34,36H,1-4,10,14,21-24,26H2,5H3/b13-11+/t31-,32+,33+,34-,35?/m1/s1. The quantitative estimate of drug-likeness (QED) is 0.158. The van der Waals surface area contributed by atoms with Gasteiger partial charge in [-0.2, -0.15) is 0 Å². The highest BCUT2D eigenvalue weighted by Crippen LogP contribution is 2.50. The molecule has 5 nitrogen and oxygen atoms in total. The fourth-order valence-corrected chi connectivity index (χ4v) is 6.43. The number of thioether (sulfide) groups is 1. The number of rotatable bonds is 18. The van der Waals surface area contributed by atoms with Gasteiger partial charge >= 0.3 is 0 Å². The molecule has 1 heterocycles. The Kier molecular flexibility index (Phi) is 13.8. The van der Waals surface area contributed by atoms with Crippen LogP contribution in [0, 0.1) is 0 Å². The molecule has 0 bridgehead atoms. The number of aryl methyl sites for hydroxylation is 1. The first kappa shape index (κ1) is 32.8. The summed E-state index contributed by atoms with van der Waals surface area (Å²) in [6.07, 6.45) is 11.0. The number of aliphatic hydroxyl groups is 1. The summed E-state index contributed by atoms with van der Waals surface area (Å²) in [5.41, 5.74) is 4.29. The van der Waals surface area contributed by atoms with Gasteiger partial charge in [-0.3, -0.25) is 0 Å². The second-order valence-electron chi connectivity index (χ2n) is 9.80. The molecule has 0 radical (unpaired) electrons. The first-order valence-electron chi connectivity index (χ1n) is 14.1.